The summed E-state index contributed by atoms with van der Waals surface area (Å²) in [7, 11) is 0. The van der Waals surface area contributed by atoms with Gasteiger partial charge in [0.15, 0.2) is 0 Å². The lowest BCUT2D eigenvalue weighted by atomic mass is 10.2. The molecule has 2 aromatic heterocycles. The van der Waals surface area contributed by atoms with Gasteiger partial charge in [-0.25, -0.2) is 15.0 Å². The second-order valence-corrected chi connectivity index (χ2v) is 6.46. The summed E-state index contributed by atoms with van der Waals surface area (Å²) in [5.74, 6) is 2.56. The van der Waals surface area contributed by atoms with E-state index in [0.29, 0.717) is 0 Å². The molecule has 0 bridgehead atoms. The molecule has 114 valence electrons. The quantitative estimate of drug-likeness (QED) is 0.848. The van der Waals surface area contributed by atoms with Crippen molar-refractivity contribution in [1.82, 2.24) is 15.0 Å². The SMILES string of the molecule is CCCNc1nc(C)nc(NC(C)c2ncc(C)s2)c1C. The minimum absolute atomic E-state index is 0.135. The maximum atomic E-state index is 4.53. The second-order valence-electron chi connectivity index (χ2n) is 5.19. The van der Waals surface area contributed by atoms with Gasteiger partial charge in [0.05, 0.1) is 6.04 Å². The number of hydrogen-bond donors (Lipinski definition) is 2. The van der Waals surface area contributed by atoms with Crippen molar-refractivity contribution in [2.24, 2.45) is 0 Å². The number of nitrogens with one attached hydrogen (secondary N) is 2. The summed E-state index contributed by atoms with van der Waals surface area (Å²) < 4.78 is 0. The zero-order chi connectivity index (χ0) is 15.4. The highest BCUT2D eigenvalue weighted by atomic mass is 32.1. The zero-order valence-corrected chi connectivity index (χ0v) is 14.1. The lowest BCUT2D eigenvalue weighted by Crippen LogP contribution is -2.13. The van der Waals surface area contributed by atoms with Crippen LogP contribution < -0.4 is 10.6 Å². The molecule has 0 aliphatic rings. The predicted molar refractivity (Wildman–Crippen MR) is 89.2 cm³/mol. The van der Waals surface area contributed by atoms with Crippen LogP contribution >= 0.6 is 11.3 Å². The summed E-state index contributed by atoms with van der Waals surface area (Å²) in [6.45, 7) is 11.2. The normalized spacial score (nSPS) is 12.2. The molecule has 2 heterocycles. The standard InChI is InChI=1S/C15H23N5S/c1-6-7-16-13-10(3)14(20-12(5)19-13)18-11(4)15-17-8-9(2)21-15/h8,11H,6-7H2,1-5H3,(H2,16,18,19,20). The molecule has 2 N–H and O–H groups in total. The Kier molecular flexibility index (Phi) is 5.12. The Morgan fingerprint density at radius 1 is 1.19 bits per heavy atom. The van der Waals surface area contributed by atoms with Crippen LogP contribution in [0.2, 0.25) is 0 Å². The van der Waals surface area contributed by atoms with Crippen molar-refractivity contribution >= 4 is 23.0 Å². The Morgan fingerprint density at radius 2 is 1.90 bits per heavy atom. The smallest absolute Gasteiger partial charge is 0.135 e. The lowest BCUT2D eigenvalue weighted by Gasteiger charge is -2.17. The first-order valence-electron chi connectivity index (χ1n) is 7.29. The molecule has 2 aromatic rings. The fourth-order valence-corrected chi connectivity index (χ4v) is 2.80. The first-order valence-corrected chi connectivity index (χ1v) is 8.11. The third-order valence-corrected chi connectivity index (χ3v) is 4.26. The van der Waals surface area contributed by atoms with Crippen LogP contribution in [-0.2, 0) is 0 Å². The van der Waals surface area contributed by atoms with E-state index in [0.717, 1.165) is 41.0 Å². The lowest BCUT2D eigenvalue weighted by molar-refractivity contribution is 0.849. The van der Waals surface area contributed by atoms with Crippen LogP contribution in [0.25, 0.3) is 0 Å². The molecule has 0 saturated heterocycles. The number of hydrogen-bond acceptors (Lipinski definition) is 6. The molecule has 1 unspecified atom stereocenters. The Hall–Kier alpha value is -1.69. The highest BCUT2D eigenvalue weighted by Crippen LogP contribution is 2.26. The van der Waals surface area contributed by atoms with Crippen molar-refractivity contribution in [3.63, 3.8) is 0 Å². The summed E-state index contributed by atoms with van der Waals surface area (Å²) >= 11 is 1.71. The van der Waals surface area contributed by atoms with E-state index in [2.05, 4.69) is 46.4 Å². The van der Waals surface area contributed by atoms with Crippen molar-refractivity contribution in [3.05, 3.63) is 27.5 Å². The van der Waals surface area contributed by atoms with Gasteiger partial charge in [-0.05, 0) is 34.1 Å². The molecule has 0 fully saturated rings. The van der Waals surface area contributed by atoms with E-state index in [9.17, 15) is 0 Å². The van der Waals surface area contributed by atoms with Crippen LogP contribution in [0.3, 0.4) is 0 Å². The Labute approximate surface area is 130 Å². The molecule has 2 rings (SSSR count). The van der Waals surface area contributed by atoms with E-state index >= 15 is 0 Å². The van der Waals surface area contributed by atoms with E-state index in [1.54, 1.807) is 11.3 Å². The third-order valence-electron chi connectivity index (χ3n) is 3.16. The van der Waals surface area contributed by atoms with Gasteiger partial charge in [-0.1, -0.05) is 6.92 Å². The molecule has 0 aliphatic heterocycles. The van der Waals surface area contributed by atoms with Crippen LogP contribution in [-0.4, -0.2) is 21.5 Å². The van der Waals surface area contributed by atoms with Gasteiger partial charge in [-0.15, -0.1) is 11.3 Å². The summed E-state index contributed by atoms with van der Waals surface area (Å²) in [4.78, 5) is 14.7. The van der Waals surface area contributed by atoms with Crippen molar-refractivity contribution in [1.29, 1.82) is 0 Å². The van der Waals surface area contributed by atoms with Gasteiger partial charge in [-0.2, -0.15) is 0 Å². The zero-order valence-electron chi connectivity index (χ0n) is 13.3. The molecule has 21 heavy (non-hydrogen) atoms. The van der Waals surface area contributed by atoms with Crippen molar-refractivity contribution in [2.45, 2.75) is 47.1 Å². The third kappa shape index (κ3) is 3.91. The minimum atomic E-state index is 0.135. The molecule has 5 nitrogen and oxygen atoms in total. The maximum absolute atomic E-state index is 4.53. The van der Waals surface area contributed by atoms with E-state index < -0.39 is 0 Å². The molecule has 0 aromatic carbocycles. The molecule has 0 radical (unpaired) electrons. The van der Waals surface area contributed by atoms with Gasteiger partial charge in [0.2, 0.25) is 0 Å². The first-order chi connectivity index (χ1) is 10.0. The number of aryl methyl sites for hydroxylation is 2. The van der Waals surface area contributed by atoms with E-state index in [1.807, 2.05) is 20.0 Å². The fraction of sp³-hybridized carbons (Fsp3) is 0.533. The van der Waals surface area contributed by atoms with Crippen LogP contribution in [0, 0.1) is 20.8 Å². The van der Waals surface area contributed by atoms with E-state index in [1.165, 1.54) is 4.88 Å². The molecule has 0 spiro atoms. The molecular formula is C15H23N5S. The van der Waals surface area contributed by atoms with Crippen molar-refractivity contribution in [3.8, 4) is 0 Å². The van der Waals surface area contributed by atoms with Gasteiger partial charge in [0.1, 0.15) is 22.5 Å². The molecule has 0 amide bonds. The second kappa shape index (κ2) is 6.85. The first kappa shape index (κ1) is 15.7. The van der Waals surface area contributed by atoms with Crippen LogP contribution in [0.5, 0.6) is 0 Å². The van der Waals surface area contributed by atoms with E-state index in [-0.39, 0.29) is 6.04 Å². The Bertz CT molecular complexity index is 608. The van der Waals surface area contributed by atoms with Gasteiger partial charge in [0, 0.05) is 23.2 Å². The summed E-state index contributed by atoms with van der Waals surface area (Å²) in [5, 5.41) is 7.89. The van der Waals surface area contributed by atoms with Gasteiger partial charge >= 0.3 is 0 Å². The van der Waals surface area contributed by atoms with Crippen molar-refractivity contribution < 1.29 is 0 Å². The summed E-state index contributed by atoms with van der Waals surface area (Å²) in [6, 6.07) is 0.135. The number of thiazole rings is 1. The summed E-state index contributed by atoms with van der Waals surface area (Å²) in [5.41, 5.74) is 1.05. The molecule has 1 atom stereocenters. The molecule has 0 aliphatic carbocycles. The summed E-state index contributed by atoms with van der Waals surface area (Å²) in [6.07, 6.45) is 2.98. The van der Waals surface area contributed by atoms with Crippen LogP contribution in [0.4, 0.5) is 11.6 Å². The number of rotatable bonds is 6. The number of anilines is 2. The van der Waals surface area contributed by atoms with Gasteiger partial charge in [0.25, 0.3) is 0 Å². The highest BCUT2D eigenvalue weighted by molar-refractivity contribution is 7.11. The molecular weight excluding hydrogens is 282 g/mol. The monoisotopic (exact) mass is 305 g/mol. The molecule has 0 saturated carbocycles. The number of aromatic nitrogens is 3. The van der Waals surface area contributed by atoms with E-state index in [4.69, 9.17) is 0 Å². The van der Waals surface area contributed by atoms with Crippen LogP contribution in [0.1, 0.15) is 47.6 Å². The van der Waals surface area contributed by atoms with Gasteiger partial charge in [-0.3, -0.25) is 0 Å². The predicted octanol–water partition coefficient (Wildman–Crippen LogP) is 3.85. The number of nitrogens with zero attached hydrogens (tertiary/aromatic N) is 3. The highest BCUT2D eigenvalue weighted by Gasteiger charge is 2.14. The Morgan fingerprint density at radius 3 is 2.52 bits per heavy atom. The Balaban J connectivity index is 2.20. The minimum Gasteiger partial charge on any atom is -0.370 e. The maximum Gasteiger partial charge on any atom is 0.135 e. The largest absolute Gasteiger partial charge is 0.370 e. The topological polar surface area (TPSA) is 62.7 Å². The molecule has 6 heteroatoms. The van der Waals surface area contributed by atoms with Gasteiger partial charge < -0.3 is 10.6 Å². The van der Waals surface area contributed by atoms with Crippen molar-refractivity contribution in [2.75, 3.05) is 17.2 Å². The average Bonchev–Trinajstić information content (AvgIpc) is 2.87. The average molecular weight is 305 g/mol. The van der Waals surface area contributed by atoms with Crippen LogP contribution in [0.15, 0.2) is 6.20 Å². The fourth-order valence-electron chi connectivity index (χ4n) is 2.02.